The van der Waals surface area contributed by atoms with Crippen LogP contribution in [0.3, 0.4) is 0 Å². The van der Waals surface area contributed by atoms with Crippen molar-refractivity contribution in [2.75, 3.05) is 6.61 Å². The number of hydrogen-bond donors (Lipinski definition) is 1. The van der Waals surface area contributed by atoms with Gasteiger partial charge in [-0.2, -0.15) is 0 Å². The highest BCUT2D eigenvalue weighted by Crippen LogP contribution is 2.26. The van der Waals surface area contributed by atoms with E-state index in [1.807, 2.05) is 48.7 Å². The third kappa shape index (κ3) is 7.27. The maximum Gasteiger partial charge on any atom is 0.312 e. The van der Waals surface area contributed by atoms with Crippen LogP contribution in [-0.4, -0.2) is 28.4 Å². The lowest BCUT2D eigenvalue weighted by atomic mass is 9.95. The second kappa shape index (κ2) is 12.3. The van der Waals surface area contributed by atoms with Crippen LogP contribution in [0.4, 0.5) is 4.39 Å². The Morgan fingerprint density at radius 2 is 1.97 bits per heavy atom. The standard InChI is InChI=1S/C28H27FN2O5S/c1-18(31-35-17-20-8-10-22(29)11-9-20)24(28(32)33)16-21-5-3-6-23(15-21)34-13-12-25-19(2)36-27(30-25)26-7-4-14-37-26/h3-11,14-15,24H,12-13,16-17H2,1-2H3,(H,32,33)/b31-18+. The molecule has 4 aromatic rings. The van der Waals surface area contributed by atoms with Crippen molar-refractivity contribution >= 4 is 23.0 Å². The molecule has 0 saturated carbocycles. The van der Waals surface area contributed by atoms with Crippen molar-refractivity contribution in [1.82, 2.24) is 4.98 Å². The molecule has 2 aromatic heterocycles. The molecule has 7 nitrogen and oxygen atoms in total. The number of hydrogen-bond acceptors (Lipinski definition) is 7. The van der Waals surface area contributed by atoms with Gasteiger partial charge in [0.1, 0.15) is 29.9 Å². The molecule has 0 aliphatic heterocycles. The molecule has 1 N–H and O–H groups in total. The summed E-state index contributed by atoms with van der Waals surface area (Å²) in [4.78, 5) is 22.8. The Morgan fingerprint density at radius 1 is 1.16 bits per heavy atom. The van der Waals surface area contributed by atoms with Gasteiger partial charge in [0.15, 0.2) is 0 Å². The molecule has 0 amide bonds. The first-order valence-electron chi connectivity index (χ1n) is 11.7. The molecule has 4 rings (SSSR count). The number of aliphatic carboxylic acids is 1. The zero-order valence-corrected chi connectivity index (χ0v) is 21.3. The number of carbonyl (C=O) groups is 1. The molecular formula is C28H27FN2O5S. The molecule has 1 atom stereocenters. The molecular weight excluding hydrogens is 495 g/mol. The van der Waals surface area contributed by atoms with E-state index in [9.17, 15) is 14.3 Å². The van der Waals surface area contributed by atoms with Gasteiger partial charge < -0.3 is 19.1 Å². The summed E-state index contributed by atoms with van der Waals surface area (Å²) in [7, 11) is 0. The van der Waals surface area contributed by atoms with E-state index in [4.69, 9.17) is 14.0 Å². The third-order valence-corrected chi connectivity index (χ3v) is 6.58. The van der Waals surface area contributed by atoms with Crippen molar-refractivity contribution in [3.05, 3.63) is 94.4 Å². The van der Waals surface area contributed by atoms with E-state index in [1.54, 1.807) is 30.4 Å². The van der Waals surface area contributed by atoms with Gasteiger partial charge in [0, 0.05) is 6.42 Å². The average Bonchev–Trinajstić information content (AvgIpc) is 3.54. The van der Waals surface area contributed by atoms with Crippen molar-refractivity contribution in [3.8, 4) is 16.5 Å². The van der Waals surface area contributed by atoms with Gasteiger partial charge in [0.25, 0.3) is 0 Å². The zero-order valence-electron chi connectivity index (χ0n) is 20.5. The average molecular weight is 523 g/mol. The van der Waals surface area contributed by atoms with Gasteiger partial charge in [-0.1, -0.05) is 35.5 Å². The SMILES string of the molecule is C/C(=N\OCc1ccc(F)cc1)C(Cc1cccc(OCCc2nc(-c3cccs3)oc2C)c1)C(=O)O. The van der Waals surface area contributed by atoms with Crippen LogP contribution in [0, 0.1) is 18.7 Å². The Morgan fingerprint density at radius 3 is 2.70 bits per heavy atom. The fourth-order valence-electron chi connectivity index (χ4n) is 3.70. The van der Waals surface area contributed by atoms with Gasteiger partial charge in [-0.15, -0.1) is 11.3 Å². The molecule has 0 radical (unpaired) electrons. The first-order valence-corrected chi connectivity index (χ1v) is 12.6. The van der Waals surface area contributed by atoms with Crippen LogP contribution in [0.2, 0.25) is 0 Å². The Labute approximate surface area is 218 Å². The monoisotopic (exact) mass is 522 g/mol. The third-order valence-electron chi connectivity index (χ3n) is 5.73. The van der Waals surface area contributed by atoms with Crippen LogP contribution in [0.25, 0.3) is 10.8 Å². The van der Waals surface area contributed by atoms with Gasteiger partial charge in [-0.25, -0.2) is 9.37 Å². The van der Waals surface area contributed by atoms with E-state index in [1.165, 1.54) is 12.1 Å². The number of thiophene rings is 1. The number of rotatable bonds is 12. The van der Waals surface area contributed by atoms with Gasteiger partial charge in [-0.3, -0.25) is 4.79 Å². The smallest absolute Gasteiger partial charge is 0.312 e. The van der Waals surface area contributed by atoms with E-state index in [0.717, 1.165) is 27.5 Å². The minimum Gasteiger partial charge on any atom is -0.493 e. The van der Waals surface area contributed by atoms with Crippen LogP contribution in [-0.2, 0) is 29.1 Å². The van der Waals surface area contributed by atoms with Crippen molar-refractivity contribution in [2.24, 2.45) is 11.1 Å². The number of oxazole rings is 1. The Balaban J connectivity index is 1.32. The number of nitrogens with zero attached hydrogens (tertiary/aromatic N) is 2. The second-order valence-corrected chi connectivity index (χ2v) is 9.42. The van der Waals surface area contributed by atoms with Gasteiger partial charge in [-0.05, 0) is 67.1 Å². The fraction of sp³-hybridized carbons (Fsp3) is 0.250. The summed E-state index contributed by atoms with van der Waals surface area (Å²) >= 11 is 1.57. The Kier molecular flexibility index (Phi) is 8.68. The summed E-state index contributed by atoms with van der Waals surface area (Å²) in [6.07, 6.45) is 0.814. The molecule has 0 spiro atoms. The summed E-state index contributed by atoms with van der Waals surface area (Å²) in [5.41, 5.74) is 2.72. The number of oxime groups is 1. The first-order chi connectivity index (χ1) is 17.9. The largest absolute Gasteiger partial charge is 0.493 e. The molecule has 2 heterocycles. The highest BCUT2D eigenvalue weighted by atomic mass is 32.1. The van der Waals surface area contributed by atoms with Crippen LogP contribution in [0.15, 0.2) is 75.6 Å². The van der Waals surface area contributed by atoms with Gasteiger partial charge in [0.05, 0.1) is 22.9 Å². The summed E-state index contributed by atoms with van der Waals surface area (Å²) in [6.45, 7) is 4.03. The lowest BCUT2D eigenvalue weighted by molar-refractivity contribution is -0.139. The fourth-order valence-corrected chi connectivity index (χ4v) is 4.34. The number of aryl methyl sites for hydroxylation is 1. The molecule has 37 heavy (non-hydrogen) atoms. The van der Waals surface area contributed by atoms with E-state index in [2.05, 4.69) is 10.1 Å². The normalized spacial score (nSPS) is 12.4. The van der Waals surface area contributed by atoms with Crippen LogP contribution >= 0.6 is 11.3 Å². The number of aromatic nitrogens is 1. The summed E-state index contributed by atoms with van der Waals surface area (Å²) in [5.74, 6) is -0.178. The Hall–Kier alpha value is -3.98. The molecule has 0 bridgehead atoms. The summed E-state index contributed by atoms with van der Waals surface area (Å²) in [6, 6.07) is 17.1. The topological polar surface area (TPSA) is 94.2 Å². The van der Waals surface area contributed by atoms with E-state index in [0.29, 0.717) is 30.4 Å². The maximum absolute atomic E-state index is 13.0. The van der Waals surface area contributed by atoms with Crippen LogP contribution in [0.5, 0.6) is 5.75 Å². The van der Waals surface area contributed by atoms with Crippen molar-refractivity contribution < 1.29 is 28.3 Å². The van der Waals surface area contributed by atoms with E-state index < -0.39 is 11.9 Å². The van der Waals surface area contributed by atoms with E-state index >= 15 is 0 Å². The zero-order chi connectivity index (χ0) is 26.2. The molecule has 1 unspecified atom stereocenters. The first kappa shape index (κ1) is 26.1. The predicted molar refractivity (Wildman–Crippen MR) is 139 cm³/mol. The molecule has 0 saturated heterocycles. The minimum absolute atomic E-state index is 0.118. The number of halogens is 1. The Bertz CT molecular complexity index is 1350. The number of carboxylic acids is 1. The lowest BCUT2D eigenvalue weighted by Crippen LogP contribution is -2.24. The minimum atomic E-state index is -0.999. The van der Waals surface area contributed by atoms with Crippen molar-refractivity contribution in [2.45, 2.75) is 33.3 Å². The van der Waals surface area contributed by atoms with Crippen LogP contribution < -0.4 is 4.74 Å². The lowest BCUT2D eigenvalue weighted by Gasteiger charge is -2.13. The molecule has 0 fully saturated rings. The molecule has 9 heteroatoms. The highest BCUT2D eigenvalue weighted by Gasteiger charge is 2.22. The quantitative estimate of drug-likeness (QED) is 0.173. The molecule has 192 valence electrons. The van der Waals surface area contributed by atoms with Crippen molar-refractivity contribution in [3.63, 3.8) is 0 Å². The van der Waals surface area contributed by atoms with Crippen LogP contribution in [0.1, 0.15) is 29.5 Å². The number of carboxylic acid groups (broad SMARTS) is 1. The number of benzene rings is 2. The highest BCUT2D eigenvalue weighted by molar-refractivity contribution is 7.13. The summed E-state index contributed by atoms with van der Waals surface area (Å²) < 4.78 is 24.7. The second-order valence-electron chi connectivity index (χ2n) is 8.47. The van der Waals surface area contributed by atoms with Crippen molar-refractivity contribution in [1.29, 1.82) is 0 Å². The maximum atomic E-state index is 13.0. The number of ether oxygens (including phenoxy) is 1. The molecule has 2 aromatic carbocycles. The van der Waals surface area contributed by atoms with Gasteiger partial charge >= 0.3 is 5.97 Å². The molecule has 0 aliphatic rings. The predicted octanol–water partition coefficient (Wildman–Crippen LogP) is 6.31. The summed E-state index contributed by atoms with van der Waals surface area (Å²) in [5, 5.41) is 15.7. The van der Waals surface area contributed by atoms with E-state index in [-0.39, 0.29) is 18.8 Å². The molecule has 0 aliphatic carbocycles. The van der Waals surface area contributed by atoms with Gasteiger partial charge in [0.2, 0.25) is 5.89 Å².